The quantitative estimate of drug-likeness (QED) is 0.202. The lowest BCUT2D eigenvalue weighted by Gasteiger charge is -2.40. The third-order valence-corrected chi connectivity index (χ3v) is 11.1. The smallest absolute Gasteiger partial charge is 0.131 e. The summed E-state index contributed by atoms with van der Waals surface area (Å²) >= 11 is 0. The number of para-hydroxylation sites is 3. The largest absolute Gasteiger partial charge is 0.350 e. The van der Waals surface area contributed by atoms with Crippen LogP contribution < -0.4 is 10.6 Å². The Morgan fingerprint density at radius 3 is 2.08 bits per heavy atom. The van der Waals surface area contributed by atoms with Crippen LogP contribution in [-0.4, -0.2) is 10.4 Å². The number of aliphatic imine (C=N–C) groups is 1. The van der Waals surface area contributed by atoms with Gasteiger partial charge in [-0.05, 0) is 56.6 Å². The molecule has 1 aliphatic carbocycles. The summed E-state index contributed by atoms with van der Waals surface area (Å²) in [5, 5.41) is 10.1. The minimum absolute atomic E-state index is 0.104. The van der Waals surface area contributed by atoms with Crippen molar-refractivity contribution in [2.75, 3.05) is 0 Å². The van der Waals surface area contributed by atoms with Crippen LogP contribution in [0.5, 0.6) is 0 Å². The van der Waals surface area contributed by atoms with Crippen molar-refractivity contribution in [3.63, 3.8) is 0 Å². The first-order valence-electron chi connectivity index (χ1n) is 17.4. The molecule has 8 aromatic rings. The summed E-state index contributed by atoms with van der Waals surface area (Å²) in [5.41, 5.74) is 14.5. The second-order valence-corrected chi connectivity index (χ2v) is 13.6. The van der Waals surface area contributed by atoms with Crippen LogP contribution in [0.1, 0.15) is 51.3 Å². The SMILES string of the molecule is c1ccc(C2=NC(c3ccc4c(c3)C3(c5ccccc5-4)c4ccccc4-n4c5ccccc5c5cccc3c54)NC(c3ccccc3)N2)cc1. The molecule has 0 fully saturated rings. The highest BCUT2D eigenvalue weighted by atomic mass is 15.3. The van der Waals surface area contributed by atoms with Gasteiger partial charge >= 0.3 is 0 Å². The van der Waals surface area contributed by atoms with Crippen molar-refractivity contribution in [2.24, 2.45) is 4.99 Å². The zero-order valence-corrected chi connectivity index (χ0v) is 27.2. The topological polar surface area (TPSA) is 41.4 Å². The predicted molar refractivity (Wildman–Crippen MR) is 203 cm³/mol. The number of nitrogens with one attached hydrogen (secondary N) is 2. The van der Waals surface area contributed by atoms with Gasteiger partial charge in [-0.15, -0.1) is 0 Å². The molecule has 3 atom stereocenters. The van der Waals surface area contributed by atoms with Gasteiger partial charge in [-0.25, -0.2) is 4.99 Å². The molecule has 1 aromatic heterocycles. The Labute approximate surface area is 290 Å². The summed E-state index contributed by atoms with van der Waals surface area (Å²) in [6.45, 7) is 0. The maximum atomic E-state index is 5.34. The van der Waals surface area contributed by atoms with E-state index < -0.39 is 5.41 Å². The van der Waals surface area contributed by atoms with E-state index in [-0.39, 0.29) is 12.3 Å². The maximum Gasteiger partial charge on any atom is 0.131 e. The fourth-order valence-corrected chi connectivity index (χ4v) is 9.04. The van der Waals surface area contributed by atoms with Crippen molar-refractivity contribution < 1.29 is 0 Å². The third-order valence-electron chi connectivity index (χ3n) is 11.1. The number of rotatable bonds is 3. The van der Waals surface area contributed by atoms with Crippen molar-refractivity contribution in [2.45, 2.75) is 17.7 Å². The molecular formula is C46H32N4. The summed E-state index contributed by atoms with van der Waals surface area (Å²) < 4.78 is 2.50. The van der Waals surface area contributed by atoms with E-state index in [2.05, 4.69) is 185 Å². The molecule has 2 aliphatic heterocycles. The van der Waals surface area contributed by atoms with Crippen molar-refractivity contribution in [3.05, 3.63) is 209 Å². The monoisotopic (exact) mass is 640 g/mol. The van der Waals surface area contributed by atoms with E-state index >= 15 is 0 Å². The highest BCUT2D eigenvalue weighted by Gasteiger charge is 2.51. The lowest BCUT2D eigenvalue weighted by atomic mass is 9.65. The summed E-state index contributed by atoms with van der Waals surface area (Å²) in [4.78, 5) is 5.34. The Morgan fingerprint density at radius 1 is 0.520 bits per heavy atom. The molecule has 0 saturated heterocycles. The number of fused-ring (bicyclic) bond motifs is 12. The number of hydrogen-bond acceptors (Lipinski definition) is 3. The van der Waals surface area contributed by atoms with Crippen LogP contribution in [0.2, 0.25) is 0 Å². The molecule has 50 heavy (non-hydrogen) atoms. The van der Waals surface area contributed by atoms with E-state index in [0.717, 1.165) is 17.0 Å². The van der Waals surface area contributed by atoms with Crippen molar-refractivity contribution in [3.8, 4) is 16.8 Å². The van der Waals surface area contributed by atoms with Gasteiger partial charge in [0, 0.05) is 16.3 Å². The summed E-state index contributed by atoms with van der Waals surface area (Å²) in [7, 11) is 0. The Hall–Kier alpha value is -6.23. The van der Waals surface area contributed by atoms with E-state index in [1.54, 1.807) is 0 Å². The first-order chi connectivity index (χ1) is 24.8. The molecule has 1 spiro atoms. The van der Waals surface area contributed by atoms with Gasteiger partial charge in [-0.1, -0.05) is 158 Å². The fourth-order valence-electron chi connectivity index (χ4n) is 9.04. The molecule has 4 heteroatoms. The van der Waals surface area contributed by atoms with Gasteiger partial charge in [-0.3, -0.25) is 5.32 Å². The third kappa shape index (κ3) is 3.66. The number of amidine groups is 1. The van der Waals surface area contributed by atoms with Crippen LogP contribution in [0.3, 0.4) is 0 Å². The van der Waals surface area contributed by atoms with Crippen LogP contribution >= 0.6 is 0 Å². The molecule has 7 aromatic carbocycles. The molecule has 3 unspecified atom stereocenters. The number of aromatic nitrogens is 1. The fraction of sp³-hybridized carbons (Fsp3) is 0.0652. The zero-order chi connectivity index (χ0) is 32.8. The number of hydrogen-bond donors (Lipinski definition) is 2. The van der Waals surface area contributed by atoms with Gasteiger partial charge in [0.1, 0.15) is 18.2 Å². The molecule has 236 valence electrons. The Bertz CT molecular complexity index is 2670. The normalized spacial score (nSPS) is 19.9. The zero-order valence-electron chi connectivity index (χ0n) is 27.2. The minimum atomic E-state index is -0.500. The Morgan fingerprint density at radius 2 is 1.20 bits per heavy atom. The first kappa shape index (κ1) is 27.7. The molecule has 2 N–H and O–H groups in total. The highest BCUT2D eigenvalue weighted by Crippen LogP contribution is 2.61. The summed E-state index contributed by atoms with van der Waals surface area (Å²) in [6.07, 6.45) is -0.364. The van der Waals surface area contributed by atoms with Gasteiger partial charge in [0.05, 0.1) is 22.1 Å². The van der Waals surface area contributed by atoms with Crippen LogP contribution in [0, 0.1) is 0 Å². The molecule has 3 heterocycles. The van der Waals surface area contributed by atoms with Crippen LogP contribution in [0.4, 0.5) is 0 Å². The average Bonchev–Trinajstić information content (AvgIpc) is 3.69. The lowest BCUT2D eigenvalue weighted by molar-refractivity contribution is 0.408. The van der Waals surface area contributed by atoms with Crippen molar-refractivity contribution in [1.29, 1.82) is 0 Å². The van der Waals surface area contributed by atoms with E-state index in [1.165, 1.54) is 66.4 Å². The predicted octanol–water partition coefficient (Wildman–Crippen LogP) is 9.80. The van der Waals surface area contributed by atoms with Gasteiger partial charge in [0.2, 0.25) is 0 Å². The van der Waals surface area contributed by atoms with Crippen LogP contribution in [0.25, 0.3) is 38.6 Å². The Kier molecular flexibility index (Phi) is 5.75. The van der Waals surface area contributed by atoms with E-state index in [4.69, 9.17) is 4.99 Å². The molecule has 3 aliphatic rings. The molecule has 0 saturated carbocycles. The van der Waals surface area contributed by atoms with Gasteiger partial charge in [0.15, 0.2) is 0 Å². The van der Waals surface area contributed by atoms with Gasteiger partial charge < -0.3 is 9.88 Å². The second-order valence-electron chi connectivity index (χ2n) is 13.6. The number of benzene rings is 7. The molecule has 11 rings (SSSR count). The van der Waals surface area contributed by atoms with Crippen LogP contribution in [-0.2, 0) is 5.41 Å². The molecule has 4 nitrogen and oxygen atoms in total. The summed E-state index contributed by atoms with van der Waals surface area (Å²) in [6, 6.07) is 61.9. The highest BCUT2D eigenvalue weighted by molar-refractivity contribution is 6.12. The minimum Gasteiger partial charge on any atom is -0.350 e. The Balaban J connectivity index is 1.19. The first-order valence-corrected chi connectivity index (χ1v) is 17.4. The van der Waals surface area contributed by atoms with Crippen molar-refractivity contribution in [1.82, 2.24) is 15.2 Å². The molecular weight excluding hydrogens is 609 g/mol. The van der Waals surface area contributed by atoms with E-state index in [1.807, 2.05) is 0 Å². The second kappa shape index (κ2) is 10.4. The standard InChI is InChI=1S/C46H32N4/c1-3-14-29(15-4-1)43-47-44(30-16-5-2-6-17-30)49-45(48-43)31-26-27-33-32-18-7-9-21-36(32)46(39(33)28-31)37-22-10-12-25-41(37)50-40-24-11-8-19-34(40)35-20-13-23-38(46)42(35)50/h1-28,43,45,48H,(H,47,49). The van der Waals surface area contributed by atoms with Crippen molar-refractivity contribution >= 4 is 27.6 Å². The van der Waals surface area contributed by atoms with Gasteiger partial charge in [-0.2, -0.15) is 0 Å². The van der Waals surface area contributed by atoms with Crippen LogP contribution in [0.15, 0.2) is 175 Å². The van der Waals surface area contributed by atoms with Gasteiger partial charge in [0.25, 0.3) is 0 Å². The lowest BCUT2D eigenvalue weighted by Crippen LogP contribution is -2.45. The molecule has 0 bridgehead atoms. The average molecular weight is 641 g/mol. The van der Waals surface area contributed by atoms with E-state index in [9.17, 15) is 0 Å². The summed E-state index contributed by atoms with van der Waals surface area (Å²) in [5.74, 6) is 0.888. The molecule has 0 radical (unpaired) electrons. The maximum absolute atomic E-state index is 5.34. The molecule has 0 amide bonds. The number of nitrogens with zero attached hydrogens (tertiary/aromatic N) is 2. The van der Waals surface area contributed by atoms with E-state index in [0.29, 0.717) is 0 Å².